The molecule has 0 aliphatic rings. The molecule has 0 saturated heterocycles. The first-order valence-electron chi connectivity index (χ1n) is 6.70. The van der Waals surface area contributed by atoms with Crippen LogP contribution in [0.5, 0.6) is 5.75 Å². The number of rotatable bonds is 6. The van der Waals surface area contributed by atoms with E-state index in [2.05, 4.69) is 0 Å². The number of hydrogen-bond acceptors (Lipinski definition) is 3. The number of ether oxygens (including phenoxy) is 1. The Hall–Kier alpha value is -2.30. The van der Waals surface area contributed by atoms with Gasteiger partial charge in [0.1, 0.15) is 11.3 Å². The number of methoxy groups -OCH3 is 1. The Morgan fingerprint density at radius 3 is 2.48 bits per heavy atom. The first-order valence-corrected chi connectivity index (χ1v) is 6.70. The van der Waals surface area contributed by atoms with E-state index in [9.17, 15) is 14.7 Å². The van der Waals surface area contributed by atoms with Gasteiger partial charge in [-0.15, -0.1) is 0 Å². The van der Waals surface area contributed by atoms with Crippen molar-refractivity contribution < 1.29 is 19.4 Å². The molecular formula is C16H21NO4. The summed E-state index contributed by atoms with van der Waals surface area (Å²) in [6.07, 6.45) is 2.99. The van der Waals surface area contributed by atoms with E-state index >= 15 is 0 Å². The van der Waals surface area contributed by atoms with Gasteiger partial charge in [0.2, 0.25) is 5.91 Å². The lowest BCUT2D eigenvalue weighted by molar-refractivity contribution is -0.154. The normalized spacial score (nSPS) is 11.4. The molecule has 0 bridgehead atoms. The molecule has 0 saturated carbocycles. The molecule has 1 aromatic carbocycles. The Morgan fingerprint density at radius 1 is 1.33 bits per heavy atom. The lowest BCUT2D eigenvalue weighted by atomic mass is 10.0. The Morgan fingerprint density at radius 2 is 1.95 bits per heavy atom. The lowest BCUT2D eigenvalue weighted by Crippen LogP contribution is -2.52. The van der Waals surface area contributed by atoms with Crippen LogP contribution in [0.2, 0.25) is 0 Å². The summed E-state index contributed by atoms with van der Waals surface area (Å²) in [5.74, 6) is -0.735. The van der Waals surface area contributed by atoms with Crippen LogP contribution in [-0.2, 0) is 9.59 Å². The molecular weight excluding hydrogens is 270 g/mol. The number of hydrogen-bond donors (Lipinski definition) is 1. The van der Waals surface area contributed by atoms with Gasteiger partial charge >= 0.3 is 5.97 Å². The summed E-state index contributed by atoms with van der Waals surface area (Å²) in [6, 6.07) is 7.29. The van der Waals surface area contributed by atoms with Crippen molar-refractivity contribution in [1.82, 2.24) is 4.90 Å². The van der Waals surface area contributed by atoms with E-state index in [4.69, 9.17) is 4.74 Å². The largest absolute Gasteiger partial charge is 0.496 e. The van der Waals surface area contributed by atoms with Crippen molar-refractivity contribution in [2.75, 3.05) is 13.7 Å². The number of carboxylic acids is 1. The molecule has 0 fully saturated rings. The Bertz CT molecular complexity index is 549. The second kappa shape index (κ2) is 6.92. The fourth-order valence-corrected chi connectivity index (χ4v) is 2.00. The van der Waals surface area contributed by atoms with Gasteiger partial charge in [0.05, 0.1) is 7.11 Å². The highest BCUT2D eigenvalue weighted by atomic mass is 16.5. The van der Waals surface area contributed by atoms with E-state index in [1.807, 2.05) is 18.2 Å². The van der Waals surface area contributed by atoms with Gasteiger partial charge in [0.25, 0.3) is 0 Å². The predicted octanol–water partition coefficient (Wildman–Crippen LogP) is 2.42. The van der Waals surface area contributed by atoms with Gasteiger partial charge in [0, 0.05) is 18.2 Å². The maximum atomic E-state index is 12.2. The number of carbonyl (C=O) groups excluding carboxylic acids is 1. The maximum Gasteiger partial charge on any atom is 0.329 e. The number of nitrogens with zero attached hydrogens (tertiary/aromatic N) is 1. The zero-order valence-corrected chi connectivity index (χ0v) is 12.8. The second-order valence-electron chi connectivity index (χ2n) is 5.02. The van der Waals surface area contributed by atoms with Crippen LogP contribution in [-0.4, -0.2) is 41.1 Å². The molecule has 0 aliphatic carbocycles. The standard InChI is InChI=1S/C16H21NO4/c1-5-17(16(2,3)15(19)20)14(18)11-10-12-8-6-7-9-13(12)21-4/h6-11H,5H2,1-4H3,(H,19,20). The Labute approximate surface area is 124 Å². The van der Waals surface area contributed by atoms with Gasteiger partial charge in [-0.3, -0.25) is 4.79 Å². The highest BCUT2D eigenvalue weighted by Crippen LogP contribution is 2.20. The summed E-state index contributed by atoms with van der Waals surface area (Å²) in [4.78, 5) is 24.8. The van der Waals surface area contributed by atoms with Crippen LogP contribution in [0, 0.1) is 0 Å². The highest BCUT2D eigenvalue weighted by Gasteiger charge is 2.35. The Balaban J connectivity index is 2.98. The average molecular weight is 291 g/mol. The summed E-state index contributed by atoms with van der Waals surface area (Å²) in [5, 5.41) is 9.22. The van der Waals surface area contributed by atoms with Gasteiger partial charge in [-0.25, -0.2) is 4.79 Å². The minimum atomic E-state index is -1.25. The van der Waals surface area contributed by atoms with Crippen LogP contribution in [0.3, 0.4) is 0 Å². The molecule has 0 aromatic heterocycles. The number of amides is 1. The van der Waals surface area contributed by atoms with Crippen LogP contribution in [0.4, 0.5) is 0 Å². The van der Waals surface area contributed by atoms with Gasteiger partial charge in [0.15, 0.2) is 0 Å². The second-order valence-corrected chi connectivity index (χ2v) is 5.02. The predicted molar refractivity (Wildman–Crippen MR) is 81.1 cm³/mol. The first-order chi connectivity index (χ1) is 9.84. The van der Waals surface area contributed by atoms with Crippen molar-refractivity contribution in [3.05, 3.63) is 35.9 Å². The Kier molecular flexibility index (Phi) is 5.52. The van der Waals surface area contributed by atoms with Gasteiger partial charge in [-0.05, 0) is 32.9 Å². The number of benzene rings is 1. The molecule has 0 spiro atoms. The number of likely N-dealkylation sites (N-methyl/N-ethyl adjacent to an activating group) is 1. The SMILES string of the molecule is CCN(C(=O)C=Cc1ccccc1OC)C(C)(C)C(=O)O. The van der Waals surface area contributed by atoms with Crippen LogP contribution in [0.1, 0.15) is 26.3 Å². The third-order valence-corrected chi connectivity index (χ3v) is 3.32. The van der Waals surface area contributed by atoms with Crippen LogP contribution < -0.4 is 4.74 Å². The molecule has 0 atom stereocenters. The fraction of sp³-hybridized carbons (Fsp3) is 0.375. The number of carbonyl (C=O) groups is 2. The average Bonchev–Trinajstić information content (AvgIpc) is 2.45. The molecule has 1 rings (SSSR count). The zero-order valence-electron chi connectivity index (χ0n) is 12.8. The molecule has 21 heavy (non-hydrogen) atoms. The zero-order chi connectivity index (χ0) is 16.0. The van der Waals surface area contributed by atoms with Crippen molar-refractivity contribution in [2.24, 2.45) is 0 Å². The van der Waals surface area contributed by atoms with E-state index in [1.54, 1.807) is 26.2 Å². The molecule has 5 nitrogen and oxygen atoms in total. The summed E-state index contributed by atoms with van der Waals surface area (Å²) < 4.78 is 5.20. The minimum Gasteiger partial charge on any atom is -0.496 e. The maximum absolute atomic E-state index is 12.2. The molecule has 0 radical (unpaired) electrons. The molecule has 114 valence electrons. The summed E-state index contributed by atoms with van der Waals surface area (Å²) in [5.41, 5.74) is -0.491. The van der Waals surface area contributed by atoms with Crippen molar-refractivity contribution in [2.45, 2.75) is 26.3 Å². The summed E-state index contributed by atoms with van der Waals surface area (Å²) in [6.45, 7) is 5.08. The molecule has 1 amide bonds. The topological polar surface area (TPSA) is 66.8 Å². The van der Waals surface area contributed by atoms with E-state index in [0.717, 1.165) is 5.56 Å². The third-order valence-electron chi connectivity index (χ3n) is 3.32. The van der Waals surface area contributed by atoms with Crippen molar-refractivity contribution in [3.8, 4) is 5.75 Å². The molecule has 1 N–H and O–H groups in total. The van der Waals surface area contributed by atoms with Crippen molar-refractivity contribution in [1.29, 1.82) is 0 Å². The smallest absolute Gasteiger partial charge is 0.329 e. The minimum absolute atomic E-state index is 0.314. The van der Waals surface area contributed by atoms with E-state index in [1.165, 1.54) is 24.8 Å². The van der Waals surface area contributed by atoms with Crippen LogP contribution in [0.25, 0.3) is 6.08 Å². The van der Waals surface area contributed by atoms with Crippen molar-refractivity contribution >= 4 is 18.0 Å². The fourth-order valence-electron chi connectivity index (χ4n) is 2.00. The van der Waals surface area contributed by atoms with Gasteiger partial charge < -0.3 is 14.7 Å². The van der Waals surface area contributed by atoms with Crippen LogP contribution >= 0.6 is 0 Å². The molecule has 0 unspecified atom stereocenters. The lowest BCUT2D eigenvalue weighted by Gasteiger charge is -2.33. The van der Waals surface area contributed by atoms with Crippen molar-refractivity contribution in [3.63, 3.8) is 0 Å². The quantitative estimate of drug-likeness (QED) is 0.817. The van der Waals surface area contributed by atoms with Gasteiger partial charge in [-0.2, -0.15) is 0 Å². The molecule has 0 heterocycles. The van der Waals surface area contributed by atoms with E-state index < -0.39 is 11.5 Å². The number of carboxylic acid groups (broad SMARTS) is 1. The van der Waals surface area contributed by atoms with E-state index in [0.29, 0.717) is 12.3 Å². The molecule has 0 aliphatic heterocycles. The summed E-state index contributed by atoms with van der Waals surface area (Å²) >= 11 is 0. The number of aliphatic carboxylic acids is 1. The van der Waals surface area contributed by atoms with E-state index in [-0.39, 0.29) is 5.91 Å². The monoisotopic (exact) mass is 291 g/mol. The third kappa shape index (κ3) is 3.84. The molecule has 1 aromatic rings. The van der Waals surface area contributed by atoms with Gasteiger partial charge in [-0.1, -0.05) is 18.2 Å². The number of para-hydroxylation sites is 1. The highest BCUT2D eigenvalue weighted by molar-refractivity contribution is 5.95. The molecule has 5 heteroatoms. The summed E-state index contributed by atoms with van der Waals surface area (Å²) in [7, 11) is 1.56. The van der Waals surface area contributed by atoms with Crippen LogP contribution in [0.15, 0.2) is 30.3 Å². The first kappa shape index (κ1) is 16.8.